The van der Waals surface area contributed by atoms with Crippen molar-refractivity contribution in [1.29, 1.82) is 0 Å². The second-order valence-electron chi connectivity index (χ2n) is 9.43. The molecule has 1 aromatic heterocycles. The fourth-order valence-corrected chi connectivity index (χ4v) is 5.45. The third-order valence-corrected chi connectivity index (χ3v) is 7.17. The number of nitrogens with one attached hydrogen (secondary N) is 1. The molecule has 2 aromatic rings. The smallest absolute Gasteiger partial charge is 0.227 e. The fourth-order valence-electron chi connectivity index (χ4n) is 5.45. The van der Waals surface area contributed by atoms with Gasteiger partial charge in [0.1, 0.15) is 5.76 Å². The van der Waals surface area contributed by atoms with Crippen molar-refractivity contribution in [2.45, 2.75) is 57.4 Å². The van der Waals surface area contributed by atoms with Crippen LogP contribution in [0, 0.1) is 12.8 Å². The molecule has 2 saturated heterocycles. The lowest BCUT2D eigenvalue weighted by molar-refractivity contribution is -0.121. The highest BCUT2D eigenvalue weighted by Crippen LogP contribution is 2.37. The Morgan fingerprint density at radius 2 is 2.00 bits per heavy atom. The van der Waals surface area contributed by atoms with E-state index in [1.807, 2.05) is 0 Å². The van der Waals surface area contributed by atoms with E-state index in [0.717, 1.165) is 25.9 Å². The Labute approximate surface area is 199 Å². The lowest BCUT2D eigenvalue weighted by atomic mass is 9.83. The van der Waals surface area contributed by atoms with Crippen molar-refractivity contribution in [3.05, 3.63) is 51.6 Å². The van der Waals surface area contributed by atoms with E-state index in [0.29, 0.717) is 29.8 Å². The maximum atomic E-state index is 13.1. The molecule has 4 rings (SSSR count). The number of piperidine rings is 2. The largest absolute Gasteiger partial charge is 0.504 e. The predicted octanol–water partition coefficient (Wildman–Crippen LogP) is 3.27. The summed E-state index contributed by atoms with van der Waals surface area (Å²) in [6.07, 6.45) is 5.90. The minimum Gasteiger partial charge on any atom is -0.504 e. The minimum atomic E-state index is -0.723. The van der Waals surface area contributed by atoms with E-state index < -0.39 is 17.1 Å². The van der Waals surface area contributed by atoms with Crippen LogP contribution in [0.5, 0.6) is 17.2 Å². The zero-order valence-electron chi connectivity index (χ0n) is 19.9. The summed E-state index contributed by atoms with van der Waals surface area (Å²) < 4.78 is 11.0. The molecule has 2 aliphatic heterocycles. The summed E-state index contributed by atoms with van der Waals surface area (Å²) in [7, 11) is 1.43. The lowest BCUT2D eigenvalue weighted by Crippen LogP contribution is -2.51. The number of phenolic OH excluding ortho intramolecular Hbond substituents is 1. The summed E-state index contributed by atoms with van der Waals surface area (Å²) in [5, 5.41) is 23.6. The van der Waals surface area contributed by atoms with E-state index in [1.165, 1.54) is 38.5 Å². The number of carbonyl (C=O) groups excluding carboxylic acids is 1. The third-order valence-electron chi connectivity index (χ3n) is 7.17. The van der Waals surface area contributed by atoms with Gasteiger partial charge in [0, 0.05) is 25.1 Å². The van der Waals surface area contributed by atoms with Crippen molar-refractivity contribution >= 4 is 5.91 Å². The summed E-state index contributed by atoms with van der Waals surface area (Å²) in [5.74, 6) is -0.433. The molecule has 0 spiro atoms. The molecule has 8 nitrogen and oxygen atoms in total. The van der Waals surface area contributed by atoms with Crippen LogP contribution < -0.4 is 15.5 Å². The average molecular weight is 471 g/mol. The van der Waals surface area contributed by atoms with Crippen LogP contribution in [0.25, 0.3) is 0 Å². The van der Waals surface area contributed by atoms with Gasteiger partial charge in [-0.3, -0.25) is 9.59 Å². The van der Waals surface area contributed by atoms with E-state index >= 15 is 0 Å². The lowest BCUT2D eigenvalue weighted by Gasteiger charge is -2.44. The molecule has 0 aliphatic carbocycles. The summed E-state index contributed by atoms with van der Waals surface area (Å²) in [5.41, 5.74) is 0.0273. The van der Waals surface area contributed by atoms with Crippen molar-refractivity contribution in [1.82, 2.24) is 10.2 Å². The molecule has 1 amide bonds. The van der Waals surface area contributed by atoms with Crippen molar-refractivity contribution in [3.63, 3.8) is 0 Å². The summed E-state index contributed by atoms with van der Waals surface area (Å²) in [4.78, 5) is 27.9. The Morgan fingerprint density at radius 1 is 1.21 bits per heavy atom. The number of rotatable bonds is 7. The Bertz CT molecular complexity index is 1080. The Morgan fingerprint density at radius 3 is 2.79 bits per heavy atom. The fraction of sp³-hybridized carbons (Fsp3) is 0.538. The highest BCUT2D eigenvalue weighted by Gasteiger charge is 2.33. The zero-order valence-corrected chi connectivity index (χ0v) is 19.9. The highest BCUT2D eigenvalue weighted by atomic mass is 16.5. The highest BCUT2D eigenvalue weighted by molar-refractivity contribution is 5.77. The van der Waals surface area contributed by atoms with Gasteiger partial charge in [-0.25, -0.2) is 0 Å². The summed E-state index contributed by atoms with van der Waals surface area (Å²) in [6, 6.07) is 6.43. The number of methoxy groups -OCH3 is 1. The molecular formula is C26H34N2O6. The van der Waals surface area contributed by atoms with Gasteiger partial charge in [-0.15, -0.1) is 0 Å². The molecule has 0 bridgehead atoms. The van der Waals surface area contributed by atoms with Gasteiger partial charge in [0.25, 0.3) is 0 Å². The number of fused-ring (bicyclic) bond motifs is 1. The monoisotopic (exact) mass is 470 g/mol. The van der Waals surface area contributed by atoms with E-state index in [1.54, 1.807) is 19.1 Å². The number of hydrogen-bond donors (Lipinski definition) is 3. The number of aryl methyl sites for hydroxylation is 1. The maximum absolute atomic E-state index is 13.1. The molecule has 3 N–H and O–H groups in total. The van der Waals surface area contributed by atoms with Crippen LogP contribution in [0.15, 0.2) is 33.5 Å². The minimum absolute atomic E-state index is 0.0189. The Balaban J connectivity index is 1.55. The van der Waals surface area contributed by atoms with Gasteiger partial charge in [0.2, 0.25) is 17.1 Å². The number of phenols is 1. The van der Waals surface area contributed by atoms with Crippen molar-refractivity contribution in [2.24, 2.45) is 5.92 Å². The molecule has 2 fully saturated rings. The first-order chi connectivity index (χ1) is 16.4. The van der Waals surface area contributed by atoms with Crippen LogP contribution in [-0.4, -0.2) is 53.8 Å². The van der Waals surface area contributed by atoms with E-state index in [-0.39, 0.29) is 29.6 Å². The number of aromatic hydroxyl groups is 2. The van der Waals surface area contributed by atoms with Gasteiger partial charge in [-0.05, 0) is 69.3 Å². The molecule has 3 heterocycles. The van der Waals surface area contributed by atoms with Crippen LogP contribution >= 0.6 is 0 Å². The first-order valence-corrected chi connectivity index (χ1v) is 12.1. The topological polar surface area (TPSA) is 112 Å². The van der Waals surface area contributed by atoms with Crippen molar-refractivity contribution < 1.29 is 24.2 Å². The molecule has 3 atom stereocenters. The molecular weight excluding hydrogens is 436 g/mol. The Kier molecular flexibility index (Phi) is 7.46. The maximum Gasteiger partial charge on any atom is 0.227 e. The Hall–Kier alpha value is -3.00. The molecule has 34 heavy (non-hydrogen) atoms. The molecule has 0 radical (unpaired) electrons. The first kappa shape index (κ1) is 24.1. The number of nitrogens with zero attached hydrogens (tertiary/aromatic N) is 1. The average Bonchev–Trinajstić information content (AvgIpc) is 2.84. The number of amides is 1. The number of carbonyl (C=O) groups is 1. The summed E-state index contributed by atoms with van der Waals surface area (Å²) >= 11 is 0. The molecule has 184 valence electrons. The van der Waals surface area contributed by atoms with Crippen molar-refractivity contribution in [2.75, 3.05) is 26.7 Å². The number of benzene rings is 1. The SMILES string of the molecule is COc1cc([C@@H](CC(=O)NC[C@@H]2CCCN3CCCC[C@H]23)c2oc(C)cc(=O)c2O)ccc1O. The first-order valence-electron chi connectivity index (χ1n) is 12.1. The molecule has 2 aliphatic rings. The van der Waals surface area contributed by atoms with Gasteiger partial charge in [0.05, 0.1) is 13.0 Å². The second kappa shape index (κ2) is 10.5. The van der Waals surface area contributed by atoms with E-state index in [4.69, 9.17) is 9.15 Å². The van der Waals surface area contributed by atoms with Gasteiger partial charge < -0.3 is 29.6 Å². The van der Waals surface area contributed by atoms with Crippen LogP contribution in [-0.2, 0) is 4.79 Å². The predicted molar refractivity (Wildman–Crippen MR) is 127 cm³/mol. The second-order valence-corrected chi connectivity index (χ2v) is 9.43. The van der Waals surface area contributed by atoms with Crippen LogP contribution in [0.1, 0.15) is 61.5 Å². The standard InChI is InChI=1S/C26H34N2O6/c1-16-12-22(30)25(32)26(34-16)19(17-8-9-21(29)23(13-17)33-2)14-24(31)27-15-18-6-5-11-28-10-4-3-7-20(18)28/h8-9,12-13,18-20,29,32H,3-7,10-11,14-15H2,1-2H3,(H,27,31)/t18-,19+,20+/m0/s1. The van der Waals surface area contributed by atoms with Crippen molar-refractivity contribution in [3.8, 4) is 17.2 Å². The number of ether oxygens (including phenoxy) is 1. The van der Waals surface area contributed by atoms with Crippen LogP contribution in [0.2, 0.25) is 0 Å². The quantitative estimate of drug-likeness (QED) is 0.569. The molecule has 1 aromatic carbocycles. The molecule has 0 unspecified atom stereocenters. The third kappa shape index (κ3) is 5.22. The van der Waals surface area contributed by atoms with Crippen LogP contribution in [0.3, 0.4) is 0 Å². The van der Waals surface area contributed by atoms with Crippen LogP contribution in [0.4, 0.5) is 0 Å². The van der Waals surface area contributed by atoms with Gasteiger partial charge >= 0.3 is 0 Å². The van der Waals surface area contributed by atoms with Gasteiger partial charge in [0.15, 0.2) is 17.3 Å². The zero-order chi connectivity index (χ0) is 24.2. The normalized spacial score (nSPS) is 21.5. The molecule has 0 saturated carbocycles. The number of hydrogen-bond acceptors (Lipinski definition) is 7. The van der Waals surface area contributed by atoms with Gasteiger partial charge in [-0.1, -0.05) is 12.5 Å². The van der Waals surface area contributed by atoms with E-state index in [9.17, 15) is 19.8 Å². The summed E-state index contributed by atoms with van der Waals surface area (Å²) in [6.45, 7) is 4.52. The molecule has 8 heteroatoms. The van der Waals surface area contributed by atoms with E-state index in [2.05, 4.69) is 10.2 Å². The van der Waals surface area contributed by atoms with Gasteiger partial charge in [-0.2, -0.15) is 0 Å².